The third-order valence-electron chi connectivity index (χ3n) is 3.69. The van der Waals surface area contributed by atoms with Crippen molar-refractivity contribution in [2.45, 2.75) is 38.9 Å². The van der Waals surface area contributed by atoms with E-state index >= 15 is 0 Å². The van der Waals surface area contributed by atoms with Crippen molar-refractivity contribution < 1.29 is 18.7 Å². The molecule has 0 unspecified atom stereocenters. The van der Waals surface area contributed by atoms with Crippen LogP contribution >= 0.6 is 0 Å². The van der Waals surface area contributed by atoms with Crippen LogP contribution < -0.4 is 10.4 Å². The smallest absolute Gasteiger partial charge is 0.410 e. The summed E-state index contributed by atoms with van der Waals surface area (Å²) < 4.78 is 16.5. The van der Waals surface area contributed by atoms with Crippen molar-refractivity contribution in [1.82, 2.24) is 4.90 Å². The number of carbonyl (C=O) groups excluding carboxylic acids is 1. The molecule has 1 saturated heterocycles. The number of hydrogen-bond acceptors (Lipinski definition) is 5. The van der Waals surface area contributed by atoms with Crippen molar-refractivity contribution in [2.24, 2.45) is 0 Å². The lowest BCUT2D eigenvalue weighted by atomic mass is 10.2. The summed E-state index contributed by atoms with van der Waals surface area (Å²) in [6.07, 6.45) is 0.305. The number of ether oxygens (including phenoxy) is 2. The molecule has 2 heterocycles. The molecule has 1 aromatic heterocycles. The fourth-order valence-electron chi connectivity index (χ4n) is 2.62. The Morgan fingerprint density at radius 2 is 2.00 bits per heavy atom. The van der Waals surface area contributed by atoms with Gasteiger partial charge >= 0.3 is 11.7 Å². The zero-order chi connectivity index (χ0) is 17.3. The minimum absolute atomic E-state index is 0.106. The second-order valence-corrected chi connectivity index (χ2v) is 6.91. The Balaban J connectivity index is 1.65. The van der Waals surface area contributed by atoms with Crippen molar-refractivity contribution in [2.75, 3.05) is 13.1 Å². The van der Waals surface area contributed by atoms with Crippen LogP contribution in [-0.2, 0) is 4.74 Å². The first-order valence-corrected chi connectivity index (χ1v) is 7.99. The minimum Gasteiger partial charge on any atom is -0.488 e. The lowest BCUT2D eigenvalue weighted by Crippen LogP contribution is -2.36. The standard InChI is InChI=1S/C18H21NO5/c1-18(2,3)24-17(21)19-9-8-14(11-19)22-13-6-4-12-5-7-16(20)23-15(12)10-13/h4-7,10,14H,8-9,11H2,1-3H3/t14-/m0/s1. The van der Waals surface area contributed by atoms with Gasteiger partial charge < -0.3 is 18.8 Å². The summed E-state index contributed by atoms with van der Waals surface area (Å²) in [5.74, 6) is 0.618. The van der Waals surface area contributed by atoms with Gasteiger partial charge in [-0.05, 0) is 39.0 Å². The van der Waals surface area contributed by atoms with Gasteiger partial charge in [0.1, 0.15) is 23.0 Å². The van der Waals surface area contributed by atoms with Crippen molar-refractivity contribution in [1.29, 1.82) is 0 Å². The molecule has 0 aliphatic carbocycles. The van der Waals surface area contributed by atoms with E-state index in [4.69, 9.17) is 13.9 Å². The van der Waals surface area contributed by atoms with Gasteiger partial charge in [-0.3, -0.25) is 0 Å². The van der Waals surface area contributed by atoms with Crippen LogP contribution in [0.3, 0.4) is 0 Å². The fourth-order valence-corrected chi connectivity index (χ4v) is 2.62. The molecule has 0 radical (unpaired) electrons. The number of rotatable bonds is 2. The number of carbonyl (C=O) groups is 1. The van der Waals surface area contributed by atoms with Crippen LogP contribution in [0.25, 0.3) is 11.0 Å². The molecule has 0 N–H and O–H groups in total. The molecule has 128 valence electrons. The molecule has 2 aromatic rings. The fraction of sp³-hybridized carbons (Fsp3) is 0.444. The van der Waals surface area contributed by atoms with E-state index in [1.165, 1.54) is 6.07 Å². The summed E-state index contributed by atoms with van der Waals surface area (Å²) in [4.78, 5) is 25.0. The second kappa shape index (κ2) is 6.19. The van der Waals surface area contributed by atoms with Gasteiger partial charge in [0.2, 0.25) is 0 Å². The van der Waals surface area contributed by atoms with Gasteiger partial charge in [0, 0.05) is 30.5 Å². The van der Waals surface area contributed by atoms with Gasteiger partial charge in [0.05, 0.1) is 6.54 Å². The number of amides is 1. The Morgan fingerprint density at radius 3 is 2.75 bits per heavy atom. The van der Waals surface area contributed by atoms with Crippen molar-refractivity contribution in [3.63, 3.8) is 0 Å². The Morgan fingerprint density at radius 1 is 1.25 bits per heavy atom. The summed E-state index contributed by atoms with van der Waals surface area (Å²) in [6.45, 7) is 6.61. The Bertz CT molecular complexity index is 805. The highest BCUT2D eigenvalue weighted by Crippen LogP contribution is 2.23. The van der Waals surface area contributed by atoms with E-state index in [9.17, 15) is 9.59 Å². The monoisotopic (exact) mass is 331 g/mol. The normalized spacial score (nSPS) is 18.0. The topological polar surface area (TPSA) is 69.0 Å². The first-order valence-electron chi connectivity index (χ1n) is 7.99. The van der Waals surface area contributed by atoms with E-state index in [0.717, 1.165) is 11.8 Å². The number of likely N-dealkylation sites (tertiary alicyclic amines) is 1. The largest absolute Gasteiger partial charge is 0.488 e. The van der Waals surface area contributed by atoms with Crippen LogP contribution in [0, 0.1) is 0 Å². The van der Waals surface area contributed by atoms with Crippen LogP contribution in [0.2, 0.25) is 0 Å². The van der Waals surface area contributed by atoms with Gasteiger partial charge in [-0.1, -0.05) is 0 Å². The molecule has 6 nitrogen and oxygen atoms in total. The van der Waals surface area contributed by atoms with E-state index in [1.54, 1.807) is 17.0 Å². The highest BCUT2D eigenvalue weighted by Gasteiger charge is 2.30. The molecule has 1 aliphatic rings. The third-order valence-corrected chi connectivity index (χ3v) is 3.69. The van der Waals surface area contributed by atoms with Gasteiger partial charge in [0.25, 0.3) is 0 Å². The van der Waals surface area contributed by atoms with E-state index in [2.05, 4.69) is 0 Å². The number of hydrogen-bond donors (Lipinski definition) is 0. The van der Waals surface area contributed by atoms with Gasteiger partial charge in [-0.25, -0.2) is 9.59 Å². The minimum atomic E-state index is -0.508. The zero-order valence-electron chi connectivity index (χ0n) is 14.1. The SMILES string of the molecule is CC(C)(C)OC(=O)N1CC[C@H](Oc2ccc3ccc(=O)oc3c2)C1. The Kier molecular flexibility index (Phi) is 4.22. The van der Waals surface area contributed by atoms with Crippen LogP contribution in [0.5, 0.6) is 5.75 Å². The molecule has 1 aromatic carbocycles. The Labute approximate surface area is 140 Å². The molecule has 0 spiro atoms. The van der Waals surface area contributed by atoms with Crippen molar-refractivity contribution in [3.8, 4) is 5.75 Å². The summed E-state index contributed by atoms with van der Waals surface area (Å²) in [7, 11) is 0. The highest BCUT2D eigenvalue weighted by molar-refractivity contribution is 5.77. The van der Waals surface area contributed by atoms with Gasteiger partial charge in [-0.15, -0.1) is 0 Å². The van der Waals surface area contributed by atoms with Crippen molar-refractivity contribution in [3.05, 3.63) is 40.8 Å². The maximum absolute atomic E-state index is 12.1. The van der Waals surface area contributed by atoms with E-state index in [0.29, 0.717) is 24.4 Å². The van der Waals surface area contributed by atoms with Crippen LogP contribution in [0.4, 0.5) is 4.79 Å². The molecule has 0 saturated carbocycles. The molecular formula is C18H21NO5. The summed E-state index contributed by atoms with van der Waals surface area (Å²) in [5, 5.41) is 0.837. The summed E-state index contributed by atoms with van der Waals surface area (Å²) in [5.41, 5.74) is -0.412. The maximum atomic E-state index is 12.1. The molecule has 24 heavy (non-hydrogen) atoms. The maximum Gasteiger partial charge on any atom is 0.410 e. The van der Waals surface area contributed by atoms with E-state index < -0.39 is 11.2 Å². The average molecular weight is 331 g/mol. The van der Waals surface area contributed by atoms with E-state index in [-0.39, 0.29) is 12.2 Å². The summed E-state index contributed by atoms with van der Waals surface area (Å²) in [6, 6.07) is 8.48. The average Bonchev–Trinajstić information content (AvgIpc) is 2.94. The van der Waals surface area contributed by atoms with Crippen molar-refractivity contribution >= 4 is 17.1 Å². The molecule has 1 aliphatic heterocycles. The van der Waals surface area contributed by atoms with E-state index in [1.807, 2.05) is 32.9 Å². The molecule has 1 fully saturated rings. The van der Waals surface area contributed by atoms with Crippen LogP contribution in [0.1, 0.15) is 27.2 Å². The lowest BCUT2D eigenvalue weighted by Gasteiger charge is -2.24. The number of fused-ring (bicyclic) bond motifs is 1. The lowest BCUT2D eigenvalue weighted by molar-refractivity contribution is 0.0275. The first-order chi connectivity index (χ1) is 11.3. The van der Waals surface area contributed by atoms with Crippen LogP contribution in [-0.4, -0.2) is 35.8 Å². The summed E-state index contributed by atoms with van der Waals surface area (Å²) >= 11 is 0. The third kappa shape index (κ3) is 3.88. The molecule has 6 heteroatoms. The Hall–Kier alpha value is -2.50. The number of benzene rings is 1. The molecule has 3 rings (SSSR count). The first kappa shape index (κ1) is 16.4. The second-order valence-electron chi connectivity index (χ2n) is 6.91. The molecular weight excluding hydrogens is 310 g/mol. The van der Waals surface area contributed by atoms with Gasteiger partial charge in [0.15, 0.2) is 0 Å². The highest BCUT2D eigenvalue weighted by atomic mass is 16.6. The number of nitrogens with zero attached hydrogens (tertiary/aromatic N) is 1. The molecule has 0 bridgehead atoms. The predicted octanol–water partition coefficient (Wildman–Crippen LogP) is 3.18. The molecule has 1 atom stereocenters. The zero-order valence-corrected chi connectivity index (χ0v) is 14.1. The van der Waals surface area contributed by atoms with Gasteiger partial charge in [-0.2, -0.15) is 0 Å². The predicted molar refractivity (Wildman–Crippen MR) is 89.3 cm³/mol. The van der Waals surface area contributed by atoms with Crippen LogP contribution in [0.15, 0.2) is 39.5 Å². The quantitative estimate of drug-likeness (QED) is 0.791. The molecule has 1 amide bonds.